The van der Waals surface area contributed by atoms with Crippen LogP contribution in [0.4, 0.5) is 0 Å². The van der Waals surface area contributed by atoms with E-state index in [1.807, 2.05) is 0 Å². The molecule has 0 spiro atoms. The lowest BCUT2D eigenvalue weighted by molar-refractivity contribution is -0.915. The Morgan fingerprint density at radius 3 is 0.756 bits per heavy atom. The molecule has 0 aromatic carbocycles. The topological polar surface area (TPSA) is 74.6 Å². The lowest BCUT2D eigenvalue weighted by atomic mass is 10.0. The molecule has 0 aromatic rings. The van der Waals surface area contributed by atoms with Crippen molar-refractivity contribution in [1.82, 2.24) is 0 Å². The van der Waals surface area contributed by atoms with E-state index in [4.69, 9.17) is 0 Å². The molecule has 0 aromatic heterocycles. The Morgan fingerprint density at radius 2 is 0.561 bits per heavy atom. The van der Waals surface area contributed by atoms with Crippen molar-refractivity contribution in [3.8, 4) is 0 Å². The molecule has 0 aliphatic heterocycles. The predicted molar refractivity (Wildman–Crippen MR) is 176 cm³/mol. The van der Waals surface area contributed by atoms with Crippen LogP contribution in [-0.4, -0.2) is 52.8 Å². The summed E-state index contributed by atoms with van der Waals surface area (Å²) in [6, 6.07) is 0. The fourth-order valence-electron chi connectivity index (χ4n) is 6.34. The molecule has 0 heterocycles. The minimum atomic E-state index is -0.873. The molecule has 5 nitrogen and oxygen atoms in total. The van der Waals surface area contributed by atoms with E-state index in [-0.39, 0.29) is 17.6 Å². The Hall–Kier alpha value is -1.10. The van der Waals surface area contributed by atoms with Crippen molar-refractivity contribution < 1.29 is 24.3 Å². The molecule has 0 aliphatic carbocycles. The highest BCUT2D eigenvalue weighted by molar-refractivity contribution is 5.70. The van der Waals surface area contributed by atoms with E-state index in [0.29, 0.717) is 13.1 Å². The first-order valence-electron chi connectivity index (χ1n) is 18.2. The average molecular weight is 583 g/mol. The monoisotopic (exact) mass is 583 g/mol. The summed E-state index contributed by atoms with van der Waals surface area (Å²) in [7, 11) is 0. The largest absolute Gasteiger partial charge is 0.477 e. The molecule has 0 atom stereocenters. The fourth-order valence-corrected chi connectivity index (χ4v) is 6.34. The van der Waals surface area contributed by atoms with Crippen molar-refractivity contribution in [2.75, 3.05) is 26.2 Å². The zero-order valence-electron chi connectivity index (χ0n) is 27.8. The second-order valence-electron chi connectivity index (χ2n) is 13.1. The Kier molecular flexibility index (Phi) is 29.5. The number of carboxylic acid groups (broad SMARTS) is 2. The number of carboxylic acids is 2. The van der Waals surface area contributed by atoms with Crippen molar-refractivity contribution >= 4 is 11.9 Å². The van der Waals surface area contributed by atoms with Crippen molar-refractivity contribution in [3.05, 3.63) is 0 Å². The van der Waals surface area contributed by atoms with Gasteiger partial charge >= 0.3 is 11.9 Å². The van der Waals surface area contributed by atoms with Gasteiger partial charge < -0.3 is 14.7 Å². The van der Waals surface area contributed by atoms with Gasteiger partial charge in [0, 0.05) is 0 Å². The quantitative estimate of drug-likeness (QED) is 0.0584. The number of rotatable bonds is 34. The molecule has 0 unspecified atom stereocenters. The maximum atomic E-state index is 11.7. The third kappa shape index (κ3) is 28.8. The van der Waals surface area contributed by atoms with Crippen LogP contribution in [0.25, 0.3) is 0 Å². The number of unbranched alkanes of at least 4 members (excludes halogenated alkanes) is 26. The summed E-state index contributed by atoms with van der Waals surface area (Å²) in [4.78, 5) is 23.4. The van der Waals surface area contributed by atoms with Crippen molar-refractivity contribution in [1.29, 1.82) is 0 Å². The highest BCUT2D eigenvalue weighted by Crippen LogP contribution is 2.18. The van der Waals surface area contributed by atoms with E-state index in [9.17, 15) is 19.8 Å². The third-order valence-corrected chi connectivity index (χ3v) is 8.91. The van der Waals surface area contributed by atoms with Gasteiger partial charge in [0.2, 0.25) is 0 Å². The van der Waals surface area contributed by atoms with Crippen LogP contribution in [-0.2, 0) is 9.59 Å². The van der Waals surface area contributed by atoms with Crippen LogP contribution in [0, 0.1) is 0 Å². The van der Waals surface area contributed by atoms with Crippen LogP contribution >= 0.6 is 0 Å². The van der Waals surface area contributed by atoms with Gasteiger partial charge in [-0.05, 0) is 25.7 Å². The van der Waals surface area contributed by atoms with Gasteiger partial charge in [-0.3, -0.25) is 0 Å². The Balaban J connectivity index is 4.04. The highest BCUT2D eigenvalue weighted by Gasteiger charge is 2.32. The number of aliphatic carboxylic acids is 2. The summed E-state index contributed by atoms with van der Waals surface area (Å²) < 4.78 is 0.210. The second kappa shape index (κ2) is 30.4. The van der Waals surface area contributed by atoms with Gasteiger partial charge in [0.1, 0.15) is 0 Å². The first kappa shape index (κ1) is 39.9. The molecule has 2 N–H and O–H groups in total. The van der Waals surface area contributed by atoms with E-state index in [1.165, 1.54) is 154 Å². The van der Waals surface area contributed by atoms with Crippen LogP contribution in [0.5, 0.6) is 0 Å². The summed E-state index contributed by atoms with van der Waals surface area (Å²) in [6.07, 6.45) is 36.1. The number of hydrogen-bond donors (Lipinski definition) is 2. The summed E-state index contributed by atoms with van der Waals surface area (Å²) in [6.45, 7) is 5.75. The molecular formula is C36H72NO4+. The molecular weight excluding hydrogens is 510 g/mol. The SMILES string of the molecule is CCCCCCCCCCCCCCCC[N+](CCCCCCCCCCCCCCCC)(CC(=O)O)CC(=O)O. The van der Waals surface area contributed by atoms with Crippen LogP contribution in [0.3, 0.4) is 0 Å². The lowest BCUT2D eigenvalue weighted by Gasteiger charge is -2.36. The Morgan fingerprint density at radius 1 is 0.366 bits per heavy atom. The van der Waals surface area contributed by atoms with Gasteiger partial charge in [-0.25, -0.2) is 9.59 Å². The second-order valence-corrected chi connectivity index (χ2v) is 13.1. The van der Waals surface area contributed by atoms with Crippen LogP contribution in [0.1, 0.15) is 194 Å². The molecule has 0 bridgehead atoms. The average Bonchev–Trinajstić information content (AvgIpc) is 2.92. The third-order valence-electron chi connectivity index (χ3n) is 8.91. The highest BCUT2D eigenvalue weighted by atomic mass is 16.4. The molecule has 41 heavy (non-hydrogen) atoms. The molecule has 0 radical (unpaired) electrons. The standard InChI is InChI=1S/C36H71NO4/c1-3-5-7-9-11-13-15-17-19-21-23-25-27-29-31-37(33-35(38)39,34-36(40)41)32-30-28-26-24-22-20-18-16-14-12-10-8-6-4-2/h3-34H2,1-2H3,(H-,38,39,40,41)/p+1. The van der Waals surface area contributed by atoms with Crippen LogP contribution < -0.4 is 0 Å². The summed E-state index contributed by atoms with van der Waals surface area (Å²) in [5, 5.41) is 19.2. The predicted octanol–water partition coefficient (Wildman–Crippen LogP) is 10.9. The van der Waals surface area contributed by atoms with Crippen molar-refractivity contribution in [2.24, 2.45) is 0 Å². The Bertz CT molecular complexity index is 530. The molecule has 0 saturated heterocycles. The lowest BCUT2D eigenvalue weighted by Crippen LogP contribution is -2.55. The number of nitrogens with zero attached hydrogens (tertiary/aromatic N) is 1. The number of quaternary nitrogens is 1. The van der Waals surface area contributed by atoms with Crippen molar-refractivity contribution in [3.63, 3.8) is 0 Å². The van der Waals surface area contributed by atoms with E-state index in [0.717, 1.165) is 25.7 Å². The van der Waals surface area contributed by atoms with E-state index in [1.54, 1.807) is 0 Å². The summed E-state index contributed by atoms with van der Waals surface area (Å²) >= 11 is 0. The van der Waals surface area contributed by atoms with Crippen molar-refractivity contribution in [2.45, 2.75) is 194 Å². The van der Waals surface area contributed by atoms with E-state index < -0.39 is 11.9 Å². The normalized spacial score (nSPS) is 11.8. The first-order chi connectivity index (χ1) is 20.0. The van der Waals surface area contributed by atoms with Gasteiger partial charge in [0.15, 0.2) is 13.1 Å². The summed E-state index contributed by atoms with van der Waals surface area (Å²) in [5.41, 5.74) is 0. The molecule has 0 amide bonds. The molecule has 244 valence electrons. The minimum absolute atomic E-state index is 0.0663. The number of hydrogen-bond acceptors (Lipinski definition) is 2. The molecule has 0 saturated carbocycles. The molecule has 5 heteroatoms. The summed E-state index contributed by atoms with van der Waals surface area (Å²) in [5.74, 6) is -1.75. The zero-order chi connectivity index (χ0) is 30.3. The smallest absolute Gasteiger partial charge is 0.359 e. The fraction of sp³-hybridized carbons (Fsp3) is 0.944. The maximum absolute atomic E-state index is 11.7. The minimum Gasteiger partial charge on any atom is -0.477 e. The van der Waals surface area contributed by atoms with Gasteiger partial charge in [-0.2, -0.15) is 0 Å². The molecule has 0 fully saturated rings. The molecule has 0 rings (SSSR count). The zero-order valence-corrected chi connectivity index (χ0v) is 27.8. The van der Waals surface area contributed by atoms with Gasteiger partial charge in [0.25, 0.3) is 0 Å². The van der Waals surface area contributed by atoms with Gasteiger partial charge in [-0.15, -0.1) is 0 Å². The van der Waals surface area contributed by atoms with Gasteiger partial charge in [0.05, 0.1) is 13.1 Å². The Labute approximate surface area is 255 Å². The molecule has 0 aliphatic rings. The van der Waals surface area contributed by atoms with E-state index >= 15 is 0 Å². The van der Waals surface area contributed by atoms with E-state index in [2.05, 4.69) is 13.8 Å². The van der Waals surface area contributed by atoms with Crippen LogP contribution in [0.15, 0.2) is 0 Å². The first-order valence-corrected chi connectivity index (χ1v) is 18.2. The van der Waals surface area contributed by atoms with Crippen LogP contribution in [0.2, 0.25) is 0 Å². The van der Waals surface area contributed by atoms with Gasteiger partial charge in [-0.1, -0.05) is 168 Å². The number of carbonyl (C=O) groups is 2. The maximum Gasteiger partial charge on any atom is 0.359 e.